The number of nitrogens with one attached hydrogen (secondary N) is 1. The maximum atomic E-state index is 12.3. The minimum absolute atomic E-state index is 0. The van der Waals surface area contributed by atoms with E-state index >= 15 is 0 Å². The van der Waals surface area contributed by atoms with Crippen molar-refractivity contribution in [1.82, 2.24) is 15.2 Å². The van der Waals surface area contributed by atoms with Crippen molar-refractivity contribution in [2.24, 2.45) is 5.73 Å². The van der Waals surface area contributed by atoms with Crippen LogP contribution in [0.25, 0.3) is 10.9 Å². The van der Waals surface area contributed by atoms with Gasteiger partial charge in [-0.2, -0.15) is 11.8 Å². The zero-order valence-corrected chi connectivity index (χ0v) is 17.0. The Kier molecular flexibility index (Phi) is 10.3. The third-order valence-corrected chi connectivity index (χ3v) is 5.18. The predicted molar refractivity (Wildman–Crippen MR) is 114 cm³/mol. The number of amides is 1. The van der Waals surface area contributed by atoms with E-state index in [2.05, 4.69) is 22.4 Å². The molecule has 26 heavy (non-hydrogen) atoms. The Labute approximate surface area is 171 Å². The van der Waals surface area contributed by atoms with E-state index in [-0.39, 0.29) is 30.7 Å². The number of aromatic nitrogens is 1. The van der Waals surface area contributed by atoms with E-state index in [1.54, 1.807) is 0 Å². The first-order valence-corrected chi connectivity index (χ1v) is 9.57. The maximum Gasteiger partial charge on any atom is 0.239 e. The average molecular weight is 417 g/mol. The molecule has 0 saturated carbocycles. The summed E-state index contributed by atoms with van der Waals surface area (Å²) >= 11 is 1.89. The first kappa shape index (κ1) is 23.0. The number of hydrogen-bond acceptors (Lipinski definition) is 5. The van der Waals surface area contributed by atoms with Gasteiger partial charge >= 0.3 is 0 Å². The monoisotopic (exact) mass is 416 g/mol. The number of carbonyl (C=O) groups excluding carboxylic acids is 1. The minimum Gasteiger partial charge on any atom is -0.340 e. The van der Waals surface area contributed by atoms with Gasteiger partial charge in [-0.3, -0.25) is 9.78 Å². The molecule has 0 radical (unpaired) electrons. The number of pyridine rings is 1. The summed E-state index contributed by atoms with van der Waals surface area (Å²) < 4.78 is 0. The summed E-state index contributed by atoms with van der Waals surface area (Å²) in [6.45, 7) is 3.05. The van der Waals surface area contributed by atoms with Gasteiger partial charge in [0.05, 0.1) is 17.3 Å². The Bertz CT molecular complexity index is 698. The summed E-state index contributed by atoms with van der Waals surface area (Å²) in [7, 11) is 0. The molecule has 0 aliphatic carbocycles. The first-order chi connectivity index (χ1) is 11.7. The summed E-state index contributed by atoms with van der Waals surface area (Å²) in [6.07, 6.45) is 0.649. The van der Waals surface area contributed by atoms with Crippen LogP contribution in [0.3, 0.4) is 0 Å². The van der Waals surface area contributed by atoms with Gasteiger partial charge in [-0.1, -0.05) is 24.3 Å². The van der Waals surface area contributed by atoms with E-state index in [9.17, 15) is 4.79 Å². The van der Waals surface area contributed by atoms with E-state index in [0.29, 0.717) is 19.5 Å². The minimum atomic E-state index is -0.412. The van der Waals surface area contributed by atoms with Crippen molar-refractivity contribution >= 4 is 53.4 Å². The highest BCUT2D eigenvalue weighted by Crippen LogP contribution is 2.12. The second-order valence-electron chi connectivity index (χ2n) is 6.00. The van der Waals surface area contributed by atoms with Crippen molar-refractivity contribution in [2.75, 3.05) is 31.1 Å². The Morgan fingerprint density at radius 1 is 1.19 bits per heavy atom. The molecule has 144 valence electrons. The van der Waals surface area contributed by atoms with Gasteiger partial charge in [-0.15, -0.1) is 24.8 Å². The molecule has 3 N–H and O–H groups in total. The molecule has 1 aromatic heterocycles. The van der Waals surface area contributed by atoms with E-state index in [1.807, 2.05) is 40.9 Å². The van der Waals surface area contributed by atoms with Crippen LogP contribution in [-0.4, -0.2) is 53.0 Å². The Balaban J connectivity index is 0.00000169. The molecule has 1 saturated heterocycles. The van der Waals surface area contributed by atoms with Crippen LogP contribution >= 0.6 is 36.6 Å². The number of fused-ring (bicyclic) bond motifs is 1. The van der Waals surface area contributed by atoms with Crippen molar-refractivity contribution in [3.05, 3.63) is 42.1 Å². The summed E-state index contributed by atoms with van der Waals surface area (Å²) in [5, 5.41) is 4.48. The van der Waals surface area contributed by atoms with Gasteiger partial charge in [0.2, 0.25) is 5.91 Å². The number of rotatable bonds is 6. The number of carbonyl (C=O) groups is 1. The molecule has 0 bridgehead atoms. The van der Waals surface area contributed by atoms with Gasteiger partial charge in [0, 0.05) is 36.5 Å². The smallest absolute Gasteiger partial charge is 0.239 e. The van der Waals surface area contributed by atoms with Crippen molar-refractivity contribution < 1.29 is 4.79 Å². The second kappa shape index (κ2) is 11.6. The molecular formula is C18H26Cl2N4OS. The summed E-state index contributed by atoms with van der Waals surface area (Å²) in [4.78, 5) is 18.8. The number of thioether (sulfide) groups is 1. The molecule has 1 aliphatic heterocycles. The van der Waals surface area contributed by atoms with E-state index in [1.165, 1.54) is 0 Å². The lowest BCUT2D eigenvalue weighted by molar-refractivity contribution is -0.132. The number of nitrogens with zero attached hydrogens (tertiary/aromatic N) is 2. The third kappa shape index (κ3) is 6.28. The Morgan fingerprint density at radius 2 is 1.92 bits per heavy atom. The molecule has 0 spiro atoms. The third-order valence-electron chi connectivity index (χ3n) is 4.23. The molecule has 1 amide bonds. The largest absolute Gasteiger partial charge is 0.340 e. The summed E-state index contributed by atoms with van der Waals surface area (Å²) in [6, 6.07) is 11.8. The molecular weight excluding hydrogens is 391 g/mol. The van der Waals surface area contributed by atoms with Gasteiger partial charge in [0.15, 0.2) is 0 Å². The lowest BCUT2D eigenvalue weighted by Gasteiger charge is -2.28. The highest BCUT2D eigenvalue weighted by Gasteiger charge is 2.22. The van der Waals surface area contributed by atoms with Gasteiger partial charge < -0.3 is 16.0 Å². The fourth-order valence-corrected chi connectivity index (χ4v) is 3.73. The number of hydrogen-bond donors (Lipinski definition) is 2. The van der Waals surface area contributed by atoms with Crippen LogP contribution in [0.1, 0.15) is 12.1 Å². The fraction of sp³-hybridized carbons (Fsp3) is 0.444. The number of halogens is 2. The summed E-state index contributed by atoms with van der Waals surface area (Å²) in [5.41, 5.74) is 8.06. The first-order valence-electron chi connectivity index (χ1n) is 8.41. The van der Waals surface area contributed by atoms with Crippen molar-refractivity contribution in [2.45, 2.75) is 19.0 Å². The maximum absolute atomic E-state index is 12.3. The lowest BCUT2D eigenvalue weighted by atomic mass is 10.2. The van der Waals surface area contributed by atoms with Crippen molar-refractivity contribution in [3.63, 3.8) is 0 Å². The molecule has 1 aliphatic rings. The Morgan fingerprint density at radius 3 is 2.69 bits per heavy atom. The normalized spacial score (nSPS) is 15.0. The fourth-order valence-electron chi connectivity index (χ4n) is 2.82. The molecule has 1 fully saturated rings. The van der Waals surface area contributed by atoms with Crippen LogP contribution in [0.5, 0.6) is 0 Å². The van der Waals surface area contributed by atoms with E-state index in [0.717, 1.165) is 41.2 Å². The van der Waals surface area contributed by atoms with Gasteiger partial charge in [0.25, 0.3) is 0 Å². The van der Waals surface area contributed by atoms with Crippen LogP contribution in [-0.2, 0) is 11.3 Å². The highest BCUT2D eigenvalue weighted by atomic mass is 35.5. The molecule has 1 atom stereocenters. The zero-order valence-electron chi connectivity index (χ0n) is 14.6. The molecule has 3 rings (SSSR count). The van der Waals surface area contributed by atoms with Crippen molar-refractivity contribution in [1.29, 1.82) is 0 Å². The topological polar surface area (TPSA) is 71.2 Å². The average Bonchev–Trinajstić information content (AvgIpc) is 2.65. The van der Waals surface area contributed by atoms with Crippen LogP contribution in [0.2, 0.25) is 0 Å². The van der Waals surface area contributed by atoms with Gasteiger partial charge in [-0.25, -0.2) is 0 Å². The number of benzene rings is 1. The number of para-hydroxylation sites is 1. The number of nitrogens with two attached hydrogens (primary N) is 1. The van der Waals surface area contributed by atoms with Crippen LogP contribution < -0.4 is 11.1 Å². The second-order valence-corrected chi connectivity index (χ2v) is 7.23. The molecule has 2 aromatic rings. The molecule has 2 heterocycles. The zero-order chi connectivity index (χ0) is 16.8. The highest BCUT2D eigenvalue weighted by molar-refractivity contribution is 7.99. The summed E-state index contributed by atoms with van der Waals surface area (Å²) in [5.74, 6) is 2.12. The van der Waals surface area contributed by atoms with Crippen LogP contribution in [0, 0.1) is 0 Å². The SMILES string of the molecule is Cl.Cl.N[C@@H](CCNCc1ccc2ccccc2n1)C(=O)N1CCSCC1. The van der Waals surface area contributed by atoms with Crippen molar-refractivity contribution in [3.8, 4) is 0 Å². The molecule has 1 aromatic carbocycles. The Hall–Kier alpha value is -1.05. The van der Waals surface area contributed by atoms with Crippen LogP contribution in [0.4, 0.5) is 0 Å². The van der Waals surface area contributed by atoms with Gasteiger partial charge in [-0.05, 0) is 25.1 Å². The standard InChI is InChI=1S/C18H24N4OS.2ClH/c19-16(18(23)22-9-11-24-12-10-22)7-8-20-13-15-6-5-14-3-1-2-4-17(14)21-15;;/h1-6,16,20H,7-13,19H2;2*1H/t16-;;/m0../s1. The predicted octanol–water partition coefficient (Wildman–Crippen LogP) is 2.46. The molecule has 8 heteroatoms. The van der Waals surface area contributed by atoms with Gasteiger partial charge in [0.1, 0.15) is 0 Å². The molecule has 5 nitrogen and oxygen atoms in total. The van der Waals surface area contributed by atoms with E-state index < -0.39 is 6.04 Å². The quantitative estimate of drug-likeness (QED) is 0.707. The van der Waals surface area contributed by atoms with E-state index in [4.69, 9.17) is 5.73 Å². The lowest BCUT2D eigenvalue weighted by Crippen LogP contribution is -2.48. The van der Waals surface area contributed by atoms with Crippen LogP contribution in [0.15, 0.2) is 36.4 Å². The molecule has 0 unspecified atom stereocenters.